The number of aryl methyl sites for hydroxylation is 1. The Labute approximate surface area is 220 Å². The maximum Gasteiger partial charge on any atom is 0.513 e. The van der Waals surface area contributed by atoms with Gasteiger partial charge in [-0.3, -0.25) is 4.99 Å². The second kappa shape index (κ2) is 12.6. The number of hydrogen-bond acceptors (Lipinski definition) is 6. The van der Waals surface area contributed by atoms with Crippen LogP contribution in [0, 0.1) is 0 Å². The fourth-order valence-corrected chi connectivity index (χ4v) is 4.72. The molecular formula is C29H30BrNO5. The Balaban J connectivity index is 1.38. The largest absolute Gasteiger partial charge is 0.513 e. The van der Waals surface area contributed by atoms with Gasteiger partial charge in [0.25, 0.3) is 0 Å². The van der Waals surface area contributed by atoms with Crippen LogP contribution in [0.3, 0.4) is 0 Å². The second-order valence-electron chi connectivity index (χ2n) is 8.42. The summed E-state index contributed by atoms with van der Waals surface area (Å²) in [6, 6.07) is 20.1. The molecule has 3 aromatic carbocycles. The maximum absolute atomic E-state index is 11.9. The van der Waals surface area contributed by atoms with Gasteiger partial charge in [-0.15, -0.1) is 0 Å². The first kappa shape index (κ1) is 25.8. The van der Waals surface area contributed by atoms with E-state index in [1.807, 2.05) is 36.4 Å². The van der Waals surface area contributed by atoms with Crippen LogP contribution in [0.1, 0.15) is 42.0 Å². The molecule has 3 aromatic rings. The minimum atomic E-state index is -0.744. The van der Waals surface area contributed by atoms with Gasteiger partial charge in [0.05, 0.1) is 18.2 Å². The number of hydrogen-bond donors (Lipinski definition) is 0. The highest BCUT2D eigenvalue weighted by Crippen LogP contribution is 2.34. The average Bonchev–Trinajstić information content (AvgIpc) is 2.89. The molecule has 0 amide bonds. The molecule has 0 unspecified atom stereocenters. The highest BCUT2D eigenvalue weighted by Gasteiger charge is 2.20. The number of rotatable bonds is 10. The fraction of sp³-hybridized carbons (Fsp3) is 0.310. The van der Waals surface area contributed by atoms with Crippen molar-refractivity contribution in [2.75, 3.05) is 20.3 Å². The molecule has 7 heteroatoms. The smallest absolute Gasteiger partial charge is 0.493 e. The molecule has 0 bridgehead atoms. The zero-order valence-corrected chi connectivity index (χ0v) is 22.2. The van der Waals surface area contributed by atoms with E-state index in [1.54, 1.807) is 14.0 Å². The van der Waals surface area contributed by atoms with E-state index in [4.69, 9.17) is 23.9 Å². The number of fused-ring (bicyclic) bond motifs is 1. The molecule has 1 aliphatic heterocycles. The van der Waals surface area contributed by atoms with Crippen molar-refractivity contribution in [3.05, 3.63) is 87.4 Å². The molecule has 0 aromatic heterocycles. The molecule has 0 fully saturated rings. The van der Waals surface area contributed by atoms with Gasteiger partial charge in [0.2, 0.25) is 0 Å². The number of halogens is 1. The second-order valence-corrected chi connectivity index (χ2v) is 9.27. The van der Waals surface area contributed by atoms with Gasteiger partial charge in [-0.25, -0.2) is 4.79 Å². The van der Waals surface area contributed by atoms with Crippen LogP contribution in [0.15, 0.2) is 70.1 Å². The van der Waals surface area contributed by atoms with Crippen molar-refractivity contribution >= 4 is 27.8 Å². The van der Waals surface area contributed by atoms with Crippen molar-refractivity contribution in [2.45, 2.75) is 39.2 Å². The normalized spacial score (nSPS) is 12.4. The predicted molar refractivity (Wildman–Crippen MR) is 144 cm³/mol. The van der Waals surface area contributed by atoms with Crippen molar-refractivity contribution < 1.29 is 23.7 Å². The van der Waals surface area contributed by atoms with E-state index in [0.29, 0.717) is 18.1 Å². The van der Waals surface area contributed by atoms with E-state index in [2.05, 4.69) is 40.2 Å². The van der Waals surface area contributed by atoms with Gasteiger partial charge in [0.1, 0.15) is 12.4 Å². The molecule has 0 atom stereocenters. The van der Waals surface area contributed by atoms with Gasteiger partial charge in [0, 0.05) is 17.8 Å². The van der Waals surface area contributed by atoms with Crippen LogP contribution in [0.5, 0.6) is 17.2 Å². The monoisotopic (exact) mass is 551 g/mol. The van der Waals surface area contributed by atoms with Gasteiger partial charge in [-0.1, -0.05) is 36.4 Å². The summed E-state index contributed by atoms with van der Waals surface area (Å²) in [5, 5.41) is 0. The van der Waals surface area contributed by atoms with Gasteiger partial charge in [-0.05, 0) is 89.5 Å². The zero-order valence-electron chi connectivity index (χ0n) is 20.6. The van der Waals surface area contributed by atoms with Crippen molar-refractivity contribution in [3.63, 3.8) is 0 Å². The van der Waals surface area contributed by atoms with Gasteiger partial charge in [0.15, 0.2) is 11.5 Å². The highest BCUT2D eigenvalue weighted by atomic mass is 79.9. The standard InChI is InChI=1S/C29H30BrNO5/c1-3-34-29(32)36-28-18-23-22(17-27(28)33-2)14-15-31-25(23)11-7-10-20-12-13-26(24(30)16-20)35-19-21-8-5-4-6-9-21/h4-6,8-9,12-13,16-18H,3,7,10-11,14-15,19H2,1-2H3. The third-order valence-electron chi connectivity index (χ3n) is 5.95. The lowest BCUT2D eigenvalue weighted by Crippen LogP contribution is -2.16. The number of carbonyl (C=O) groups is 1. The molecule has 0 radical (unpaired) electrons. The van der Waals surface area contributed by atoms with E-state index >= 15 is 0 Å². The van der Waals surface area contributed by atoms with E-state index in [-0.39, 0.29) is 6.61 Å². The molecule has 0 saturated heterocycles. The van der Waals surface area contributed by atoms with Crippen LogP contribution >= 0.6 is 15.9 Å². The Kier molecular flexibility index (Phi) is 9.01. The van der Waals surface area contributed by atoms with Crippen LogP contribution < -0.4 is 14.2 Å². The summed E-state index contributed by atoms with van der Waals surface area (Å²) in [5.41, 5.74) is 5.54. The Morgan fingerprint density at radius 3 is 2.56 bits per heavy atom. The number of aliphatic imine (C=N–C) groups is 1. The first-order valence-electron chi connectivity index (χ1n) is 12.1. The quantitative estimate of drug-likeness (QED) is 0.201. The number of ether oxygens (including phenoxy) is 4. The Bertz CT molecular complexity index is 1230. The van der Waals surface area contributed by atoms with Crippen LogP contribution in [0.4, 0.5) is 4.79 Å². The van der Waals surface area contributed by atoms with Crippen molar-refractivity contribution in [2.24, 2.45) is 4.99 Å². The molecule has 6 nitrogen and oxygen atoms in total. The number of methoxy groups -OCH3 is 1. The van der Waals surface area contributed by atoms with Crippen LogP contribution in [-0.4, -0.2) is 32.1 Å². The Morgan fingerprint density at radius 1 is 0.972 bits per heavy atom. The summed E-state index contributed by atoms with van der Waals surface area (Å²) in [4.78, 5) is 16.7. The topological polar surface area (TPSA) is 66.4 Å². The van der Waals surface area contributed by atoms with Crippen molar-refractivity contribution in [3.8, 4) is 17.2 Å². The van der Waals surface area contributed by atoms with E-state index in [0.717, 1.165) is 64.9 Å². The van der Waals surface area contributed by atoms with E-state index in [1.165, 1.54) is 5.56 Å². The van der Waals surface area contributed by atoms with Crippen LogP contribution in [0.25, 0.3) is 0 Å². The average molecular weight is 552 g/mol. The van der Waals surface area contributed by atoms with Crippen molar-refractivity contribution in [1.82, 2.24) is 0 Å². The number of carbonyl (C=O) groups excluding carboxylic acids is 1. The molecule has 0 aliphatic carbocycles. The molecule has 0 N–H and O–H groups in total. The lowest BCUT2D eigenvalue weighted by Gasteiger charge is -2.20. The predicted octanol–water partition coefficient (Wildman–Crippen LogP) is 6.94. The lowest BCUT2D eigenvalue weighted by atomic mass is 9.93. The molecule has 4 rings (SSSR count). The number of benzene rings is 3. The number of nitrogens with zero attached hydrogens (tertiary/aromatic N) is 1. The summed E-state index contributed by atoms with van der Waals surface area (Å²) >= 11 is 3.65. The SMILES string of the molecule is CCOC(=O)Oc1cc2c(cc1OC)CCN=C2CCCc1ccc(OCc2ccccc2)c(Br)c1. The third-order valence-corrected chi connectivity index (χ3v) is 6.57. The molecule has 1 aliphatic rings. The highest BCUT2D eigenvalue weighted by molar-refractivity contribution is 9.10. The van der Waals surface area contributed by atoms with E-state index in [9.17, 15) is 4.79 Å². The van der Waals surface area contributed by atoms with Crippen molar-refractivity contribution in [1.29, 1.82) is 0 Å². The first-order chi connectivity index (χ1) is 17.6. The summed E-state index contributed by atoms with van der Waals surface area (Å²) in [6.45, 7) is 3.25. The summed E-state index contributed by atoms with van der Waals surface area (Å²) in [6.07, 6.45) is 2.75. The van der Waals surface area contributed by atoms with E-state index < -0.39 is 6.16 Å². The third kappa shape index (κ3) is 6.66. The Morgan fingerprint density at radius 2 is 1.81 bits per heavy atom. The fourth-order valence-electron chi connectivity index (χ4n) is 4.18. The molecule has 36 heavy (non-hydrogen) atoms. The maximum atomic E-state index is 11.9. The molecule has 1 heterocycles. The molecule has 0 saturated carbocycles. The van der Waals surface area contributed by atoms with Gasteiger partial charge in [-0.2, -0.15) is 0 Å². The van der Waals surface area contributed by atoms with Crippen LogP contribution in [0.2, 0.25) is 0 Å². The van der Waals surface area contributed by atoms with Gasteiger partial charge < -0.3 is 18.9 Å². The minimum absolute atomic E-state index is 0.245. The Hall–Kier alpha value is -3.32. The van der Waals surface area contributed by atoms with Crippen LogP contribution in [-0.2, 0) is 24.2 Å². The summed E-state index contributed by atoms with van der Waals surface area (Å²) < 4.78 is 22.7. The molecule has 0 spiro atoms. The first-order valence-corrected chi connectivity index (χ1v) is 12.9. The lowest BCUT2D eigenvalue weighted by molar-refractivity contribution is 0.103. The molecule has 188 valence electrons. The zero-order chi connectivity index (χ0) is 25.3. The van der Waals surface area contributed by atoms with Gasteiger partial charge >= 0.3 is 6.16 Å². The summed E-state index contributed by atoms with van der Waals surface area (Å²) in [5.74, 6) is 1.69. The minimum Gasteiger partial charge on any atom is -0.493 e. The summed E-state index contributed by atoms with van der Waals surface area (Å²) in [7, 11) is 1.56. The molecular weight excluding hydrogens is 522 g/mol.